The first-order valence-corrected chi connectivity index (χ1v) is 23.1. The molecule has 0 saturated carbocycles. The average Bonchev–Trinajstić information content (AvgIpc) is 3.62. The van der Waals surface area contributed by atoms with E-state index in [-0.39, 0.29) is 23.3 Å². The lowest BCUT2D eigenvalue weighted by atomic mass is 10.00. The molecule has 0 bridgehead atoms. The first-order chi connectivity index (χ1) is 25.4. The summed E-state index contributed by atoms with van der Waals surface area (Å²) in [5, 5.41) is 16.6. The molecule has 1 unspecified atom stereocenters. The smallest absolute Gasteiger partial charge is 0.261 e. The largest absolute Gasteiger partial charge is 0.405 e. The molecule has 0 aliphatic carbocycles. The minimum Gasteiger partial charge on any atom is -0.405 e. The minimum absolute atomic E-state index is 0.221. The molecule has 0 aromatic heterocycles. The molecular weight excluding hydrogens is 709 g/mol. The van der Waals surface area contributed by atoms with E-state index in [4.69, 9.17) is 27.8 Å². The van der Waals surface area contributed by atoms with Crippen LogP contribution < -0.4 is 20.7 Å². The van der Waals surface area contributed by atoms with Crippen molar-refractivity contribution in [3.63, 3.8) is 0 Å². The molecule has 9 heteroatoms. The summed E-state index contributed by atoms with van der Waals surface area (Å²) < 4.78 is 40.9. The number of rotatable bonds is 12. The van der Waals surface area contributed by atoms with Crippen LogP contribution in [0.5, 0.6) is 0 Å². The second-order valence-electron chi connectivity index (χ2n) is 17.7. The minimum atomic E-state index is -2.90. The van der Waals surface area contributed by atoms with Crippen molar-refractivity contribution < 1.29 is 32.9 Å². The van der Waals surface area contributed by atoms with Crippen molar-refractivity contribution in [2.75, 3.05) is 13.2 Å². The summed E-state index contributed by atoms with van der Waals surface area (Å²) >= 11 is 0. The maximum atomic E-state index is 12.4. The Labute approximate surface area is 325 Å². The molecule has 6 rings (SSSR count). The van der Waals surface area contributed by atoms with Gasteiger partial charge in [-0.15, -0.1) is 0 Å². The average molecular weight is 769 g/mol. The molecule has 0 amide bonds. The van der Waals surface area contributed by atoms with Crippen molar-refractivity contribution in [1.29, 1.82) is 0 Å². The summed E-state index contributed by atoms with van der Waals surface area (Å²) in [4.78, 5) is 0. The van der Waals surface area contributed by atoms with Crippen LogP contribution in [0.15, 0.2) is 121 Å². The summed E-state index contributed by atoms with van der Waals surface area (Å²) in [7, 11) is -5.80. The molecule has 5 atom stereocenters. The van der Waals surface area contributed by atoms with Gasteiger partial charge in [0.1, 0.15) is 30.5 Å². The summed E-state index contributed by atoms with van der Waals surface area (Å²) in [6, 6.07) is 42.2. The number of hydrogen-bond acceptors (Lipinski definition) is 7. The molecule has 2 aliphatic rings. The monoisotopic (exact) mass is 768 g/mol. The van der Waals surface area contributed by atoms with Crippen LogP contribution in [0.4, 0.5) is 0 Å². The number of ether oxygens (including phenoxy) is 4. The van der Waals surface area contributed by atoms with Crippen molar-refractivity contribution in [2.45, 2.75) is 121 Å². The van der Waals surface area contributed by atoms with Gasteiger partial charge in [-0.2, -0.15) is 0 Å². The molecule has 290 valence electrons. The van der Waals surface area contributed by atoms with Gasteiger partial charge in [0, 0.05) is 0 Å². The molecule has 2 aliphatic heterocycles. The molecule has 0 spiro atoms. The van der Waals surface area contributed by atoms with Gasteiger partial charge in [-0.25, -0.2) is 0 Å². The van der Waals surface area contributed by atoms with Crippen LogP contribution in [-0.2, 0) is 27.8 Å². The van der Waals surface area contributed by atoms with Crippen molar-refractivity contribution in [3.05, 3.63) is 121 Å². The Morgan fingerprint density at radius 1 is 0.500 bits per heavy atom. The van der Waals surface area contributed by atoms with E-state index < -0.39 is 58.7 Å². The quantitative estimate of drug-likeness (QED) is 0.164. The molecule has 2 heterocycles. The Bertz CT molecular complexity index is 1580. The Kier molecular flexibility index (Phi) is 11.7. The maximum absolute atomic E-state index is 12.4. The van der Waals surface area contributed by atoms with Gasteiger partial charge in [-0.1, -0.05) is 163 Å². The first-order valence-electron chi connectivity index (χ1n) is 19.3. The Balaban J connectivity index is 1.31. The van der Waals surface area contributed by atoms with Gasteiger partial charge < -0.3 is 32.9 Å². The van der Waals surface area contributed by atoms with Crippen LogP contribution in [0.25, 0.3) is 0 Å². The van der Waals surface area contributed by atoms with E-state index in [1.54, 1.807) is 0 Å². The third kappa shape index (κ3) is 7.98. The Morgan fingerprint density at radius 2 is 0.759 bits per heavy atom. The van der Waals surface area contributed by atoms with Gasteiger partial charge in [0.15, 0.2) is 11.6 Å². The van der Waals surface area contributed by atoms with Crippen LogP contribution in [0.3, 0.4) is 0 Å². The van der Waals surface area contributed by atoms with Crippen molar-refractivity contribution in [2.24, 2.45) is 0 Å². The maximum Gasteiger partial charge on any atom is 0.261 e. The van der Waals surface area contributed by atoms with Crippen LogP contribution >= 0.6 is 0 Å². The van der Waals surface area contributed by atoms with Gasteiger partial charge in [-0.3, -0.25) is 0 Å². The second kappa shape index (κ2) is 15.5. The van der Waals surface area contributed by atoms with E-state index in [1.807, 2.05) is 52.0 Å². The highest BCUT2D eigenvalue weighted by atomic mass is 28.4. The van der Waals surface area contributed by atoms with E-state index in [1.165, 1.54) is 20.7 Å². The normalized spacial score (nSPS) is 23.7. The third-order valence-corrected chi connectivity index (χ3v) is 20.9. The van der Waals surface area contributed by atoms with Gasteiger partial charge in [0.05, 0.1) is 13.2 Å². The topological polar surface area (TPSA) is 75.6 Å². The third-order valence-electron chi connectivity index (χ3n) is 10.9. The highest BCUT2D eigenvalue weighted by molar-refractivity contribution is 7.00. The highest BCUT2D eigenvalue weighted by Gasteiger charge is 2.57. The van der Waals surface area contributed by atoms with Crippen LogP contribution in [0, 0.1) is 0 Å². The molecule has 7 nitrogen and oxygen atoms in total. The summed E-state index contributed by atoms with van der Waals surface area (Å²) in [5.41, 5.74) is 0. The summed E-state index contributed by atoms with van der Waals surface area (Å²) in [6.45, 7) is 21.5. The van der Waals surface area contributed by atoms with Crippen LogP contribution in [0.2, 0.25) is 10.1 Å². The predicted octanol–water partition coefficient (Wildman–Crippen LogP) is 6.54. The zero-order valence-electron chi connectivity index (χ0n) is 33.7. The number of aliphatic hydroxyl groups excluding tert-OH is 1. The first kappa shape index (κ1) is 40.7. The number of aliphatic hydroxyl groups is 1. The van der Waals surface area contributed by atoms with Gasteiger partial charge in [0.2, 0.25) is 0 Å². The van der Waals surface area contributed by atoms with E-state index in [0.29, 0.717) is 0 Å². The lowest BCUT2D eigenvalue weighted by molar-refractivity contribution is -0.179. The van der Waals surface area contributed by atoms with Crippen molar-refractivity contribution in [3.8, 4) is 0 Å². The fourth-order valence-corrected chi connectivity index (χ4v) is 17.8. The molecule has 2 fully saturated rings. The van der Waals surface area contributed by atoms with Crippen LogP contribution in [-0.4, -0.2) is 77.0 Å². The zero-order chi connectivity index (χ0) is 39.0. The van der Waals surface area contributed by atoms with E-state index >= 15 is 0 Å². The predicted molar refractivity (Wildman–Crippen MR) is 221 cm³/mol. The molecule has 1 N–H and O–H groups in total. The van der Waals surface area contributed by atoms with E-state index in [0.717, 1.165) is 0 Å². The zero-order valence-corrected chi connectivity index (χ0v) is 35.7. The fourth-order valence-electron chi connectivity index (χ4n) is 8.69. The molecule has 54 heavy (non-hydrogen) atoms. The van der Waals surface area contributed by atoms with Crippen LogP contribution in [0.1, 0.15) is 69.2 Å². The fraction of sp³-hybridized carbons (Fsp3) is 0.467. The van der Waals surface area contributed by atoms with Crippen molar-refractivity contribution >= 4 is 37.4 Å². The Hall–Kier alpha value is -2.97. The second-order valence-corrected chi connectivity index (χ2v) is 26.3. The SMILES string of the molecule is CC1(C)O[C@@H](CO[Si](c2ccccc2)(c2ccccc2)C(C)(C)C)[C@H](C(O)[C@@H]2OC(C)(C)O[C@@H]2CO[Si](c2ccccc2)(c2ccccc2)C(C)(C)C)O1. The molecule has 2 saturated heterocycles. The number of hydrogen-bond donors (Lipinski definition) is 1. The van der Waals surface area contributed by atoms with E-state index in [9.17, 15) is 5.11 Å². The molecule has 4 aromatic carbocycles. The van der Waals surface area contributed by atoms with Gasteiger partial charge in [-0.05, 0) is 58.5 Å². The molecular formula is C45H60O7Si2. The van der Waals surface area contributed by atoms with Gasteiger partial charge >= 0.3 is 0 Å². The number of benzene rings is 4. The highest BCUT2D eigenvalue weighted by Crippen LogP contribution is 2.42. The lowest BCUT2D eigenvalue weighted by Crippen LogP contribution is -2.67. The van der Waals surface area contributed by atoms with Gasteiger partial charge in [0.25, 0.3) is 16.6 Å². The Morgan fingerprint density at radius 3 is 1.00 bits per heavy atom. The summed E-state index contributed by atoms with van der Waals surface area (Å²) in [5.74, 6) is -1.91. The molecule has 0 radical (unpaired) electrons. The molecule has 4 aromatic rings. The van der Waals surface area contributed by atoms with Crippen molar-refractivity contribution in [1.82, 2.24) is 0 Å². The van der Waals surface area contributed by atoms with E-state index in [2.05, 4.69) is 139 Å². The summed E-state index contributed by atoms with van der Waals surface area (Å²) in [6.07, 6.45) is -3.77. The lowest BCUT2D eigenvalue weighted by Gasteiger charge is -2.44. The standard InChI is InChI=1S/C45H60O7Si2/c1-42(2,3)53(33-23-15-11-16-24-33,34-25-17-12-18-26-34)47-31-37-40(51-44(7,8)49-37)39(46)41-38(50-45(9,10)52-41)32-48-54(43(4,5)6,35-27-19-13-20-28-35)36-29-21-14-22-30-36/h11-30,37-41,46H,31-32H2,1-10H3/t37-,38+,39?,40-,41-/m1/s1.